The van der Waals surface area contributed by atoms with E-state index in [4.69, 9.17) is 9.47 Å². The predicted octanol–water partition coefficient (Wildman–Crippen LogP) is 9.45. The third kappa shape index (κ3) is 21.2. The van der Waals surface area contributed by atoms with Gasteiger partial charge in [-0.25, -0.2) is 9.59 Å². The van der Waals surface area contributed by atoms with E-state index in [1.165, 1.54) is 64.2 Å². The predicted molar refractivity (Wildman–Crippen MR) is 244 cm³/mol. The molecule has 0 aromatic carbocycles. The summed E-state index contributed by atoms with van der Waals surface area (Å²) in [7, 11) is 0. The molecule has 12 heteroatoms. The highest BCUT2D eigenvalue weighted by molar-refractivity contribution is 5.82. The molecule has 354 valence electrons. The highest BCUT2D eigenvalue weighted by atomic mass is 16.6. The summed E-state index contributed by atoms with van der Waals surface area (Å²) in [5.74, 6) is 3.97. The maximum atomic E-state index is 12.7. The molecule has 4 aliphatic heterocycles. The summed E-state index contributed by atoms with van der Waals surface area (Å²) in [4.78, 5) is 81.8. The molecule has 4 heterocycles. The Morgan fingerprint density at radius 3 is 0.984 bits per heavy atom. The second kappa shape index (κ2) is 30.3. The van der Waals surface area contributed by atoms with Crippen LogP contribution in [-0.4, -0.2) is 134 Å². The molecule has 0 saturated carbocycles. The van der Waals surface area contributed by atoms with Gasteiger partial charge in [-0.1, -0.05) is 52.4 Å². The van der Waals surface area contributed by atoms with Gasteiger partial charge in [-0.05, 0) is 127 Å². The van der Waals surface area contributed by atoms with E-state index in [1.54, 1.807) is 9.80 Å². The Hall–Kier alpha value is -2.86. The summed E-state index contributed by atoms with van der Waals surface area (Å²) >= 11 is 0. The van der Waals surface area contributed by atoms with Gasteiger partial charge in [-0.3, -0.25) is 19.2 Å². The van der Waals surface area contributed by atoms with Crippen LogP contribution in [-0.2, 0) is 28.7 Å². The molecule has 0 bridgehead atoms. The highest BCUT2D eigenvalue weighted by Crippen LogP contribution is 2.29. The number of Topliss-reactive ketones (excluding diaryl/α,β-unsaturated/α-hetero) is 4. The van der Waals surface area contributed by atoms with Crippen molar-refractivity contribution in [1.29, 1.82) is 0 Å². The van der Waals surface area contributed by atoms with Crippen LogP contribution in [0.1, 0.15) is 181 Å². The summed E-state index contributed by atoms with van der Waals surface area (Å²) in [6.45, 7) is 13.1. The standard InChI is InChI=1S/C50H86N4O8/c1-3-9-45(55)15-7-17-47(57)27-33-51-29-19-41(20-30-51)11-5-13-43-23-35-53(36-24-43)49(59)61-39-40-62-50(60)54-37-25-44(26-38-54)14-6-12-42-21-31-52(32-22-42)34-28-48(58)18-8-16-46(56)10-4-2/h41-44H,3-40H2,1-2H3. The fourth-order valence-electron chi connectivity index (χ4n) is 10.2. The fraction of sp³-hybridized carbons (Fsp3) is 0.880. The first kappa shape index (κ1) is 51.8. The molecule has 4 fully saturated rings. The topological polar surface area (TPSA) is 134 Å². The SMILES string of the molecule is CCCC(=O)CCCC(=O)CCN1CCC(CCCC2CCN(C(=O)OCCOC(=O)N3CCC(CCCC4CCN(CCC(=O)CCCC(=O)CCC)CC4)CC3)CC2)CC1. The van der Waals surface area contributed by atoms with Crippen LogP contribution >= 0.6 is 0 Å². The lowest BCUT2D eigenvalue weighted by Crippen LogP contribution is -2.40. The molecule has 0 aliphatic carbocycles. The van der Waals surface area contributed by atoms with E-state index < -0.39 is 0 Å². The number of piperidine rings is 4. The average molecular weight is 871 g/mol. The largest absolute Gasteiger partial charge is 0.446 e. The highest BCUT2D eigenvalue weighted by Gasteiger charge is 2.27. The first-order chi connectivity index (χ1) is 30.1. The van der Waals surface area contributed by atoms with Crippen LogP contribution in [0.5, 0.6) is 0 Å². The van der Waals surface area contributed by atoms with Gasteiger partial charge in [0, 0.05) is 90.6 Å². The van der Waals surface area contributed by atoms with Crippen LogP contribution < -0.4 is 0 Å². The molecular formula is C50H86N4O8. The lowest BCUT2D eigenvalue weighted by atomic mass is 9.87. The van der Waals surface area contributed by atoms with Gasteiger partial charge in [-0.15, -0.1) is 0 Å². The summed E-state index contributed by atoms with van der Waals surface area (Å²) in [5.41, 5.74) is 0. The second-order valence-corrected chi connectivity index (χ2v) is 19.4. The number of carbonyl (C=O) groups excluding carboxylic acids is 6. The van der Waals surface area contributed by atoms with Crippen LogP contribution in [0.3, 0.4) is 0 Å². The minimum absolute atomic E-state index is 0.0802. The Morgan fingerprint density at radius 1 is 0.387 bits per heavy atom. The lowest BCUT2D eigenvalue weighted by Gasteiger charge is -2.33. The lowest BCUT2D eigenvalue weighted by molar-refractivity contribution is -0.122. The van der Waals surface area contributed by atoms with Gasteiger partial charge in [0.15, 0.2) is 0 Å². The van der Waals surface area contributed by atoms with E-state index in [9.17, 15) is 28.8 Å². The Kier molecular flexibility index (Phi) is 25.3. The number of hydrogen-bond acceptors (Lipinski definition) is 10. The van der Waals surface area contributed by atoms with Crippen molar-refractivity contribution < 1.29 is 38.2 Å². The molecule has 4 rings (SSSR count). The zero-order valence-electron chi connectivity index (χ0n) is 39.2. The summed E-state index contributed by atoms with van der Waals surface area (Å²) in [6.07, 6.45) is 23.5. The van der Waals surface area contributed by atoms with Crippen molar-refractivity contribution in [3.63, 3.8) is 0 Å². The third-order valence-electron chi connectivity index (χ3n) is 14.4. The number of hydrogen-bond donors (Lipinski definition) is 0. The third-order valence-corrected chi connectivity index (χ3v) is 14.4. The van der Waals surface area contributed by atoms with E-state index in [-0.39, 0.29) is 37.0 Å². The number of ketones is 4. The maximum absolute atomic E-state index is 12.7. The number of amides is 2. The first-order valence-corrected chi connectivity index (χ1v) is 25.5. The smallest absolute Gasteiger partial charge is 0.409 e. The number of likely N-dealkylation sites (tertiary alicyclic amines) is 4. The van der Waals surface area contributed by atoms with E-state index in [0.29, 0.717) is 87.6 Å². The van der Waals surface area contributed by atoms with Gasteiger partial charge in [0.25, 0.3) is 0 Å². The number of ether oxygens (including phenoxy) is 2. The Balaban J connectivity index is 0.924. The zero-order valence-corrected chi connectivity index (χ0v) is 39.2. The average Bonchev–Trinajstić information content (AvgIpc) is 3.28. The summed E-state index contributed by atoms with van der Waals surface area (Å²) < 4.78 is 11.0. The van der Waals surface area contributed by atoms with E-state index in [2.05, 4.69) is 9.80 Å². The molecule has 0 N–H and O–H groups in total. The quantitative estimate of drug-likeness (QED) is 0.0670. The van der Waals surface area contributed by atoms with Gasteiger partial charge in [0.2, 0.25) is 0 Å². The Morgan fingerprint density at radius 2 is 0.677 bits per heavy atom. The molecular weight excluding hydrogens is 785 g/mol. The van der Waals surface area contributed by atoms with Crippen molar-refractivity contribution in [3.8, 4) is 0 Å². The fourth-order valence-corrected chi connectivity index (χ4v) is 10.2. The van der Waals surface area contributed by atoms with Gasteiger partial charge >= 0.3 is 12.2 Å². The van der Waals surface area contributed by atoms with E-state index in [1.807, 2.05) is 13.8 Å². The van der Waals surface area contributed by atoms with Crippen LogP contribution in [0, 0.1) is 23.7 Å². The molecule has 0 radical (unpaired) electrons. The minimum atomic E-state index is -0.308. The van der Waals surface area contributed by atoms with Gasteiger partial charge in [0.05, 0.1) is 0 Å². The van der Waals surface area contributed by atoms with Crippen molar-refractivity contribution in [2.45, 2.75) is 181 Å². The monoisotopic (exact) mass is 871 g/mol. The molecule has 0 atom stereocenters. The normalized spacial score (nSPS) is 19.1. The molecule has 12 nitrogen and oxygen atoms in total. The molecule has 2 amide bonds. The zero-order chi connectivity index (χ0) is 44.4. The van der Waals surface area contributed by atoms with Crippen molar-refractivity contribution in [3.05, 3.63) is 0 Å². The van der Waals surface area contributed by atoms with Crippen molar-refractivity contribution in [1.82, 2.24) is 19.6 Å². The molecule has 0 unspecified atom stereocenters. The van der Waals surface area contributed by atoms with Gasteiger partial charge < -0.3 is 29.1 Å². The summed E-state index contributed by atoms with van der Waals surface area (Å²) in [5, 5.41) is 0. The molecule has 4 aliphatic rings. The number of carbonyl (C=O) groups is 6. The van der Waals surface area contributed by atoms with E-state index in [0.717, 1.165) is 116 Å². The molecule has 0 aromatic rings. The van der Waals surface area contributed by atoms with Crippen LogP contribution in [0.25, 0.3) is 0 Å². The van der Waals surface area contributed by atoms with Crippen LogP contribution in [0.2, 0.25) is 0 Å². The van der Waals surface area contributed by atoms with Crippen LogP contribution in [0.15, 0.2) is 0 Å². The molecule has 0 aromatic heterocycles. The van der Waals surface area contributed by atoms with Crippen molar-refractivity contribution in [2.24, 2.45) is 23.7 Å². The molecule has 62 heavy (non-hydrogen) atoms. The van der Waals surface area contributed by atoms with Gasteiger partial charge in [-0.2, -0.15) is 0 Å². The maximum Gasteiger partial charge on any atom is 0.409 e. The van der Waals surface area contributed by atoms with Crippen molar-refractivity contribution in [2.75, 3.05) is 78.7 Å². The number of rotatable bonds is 29. The van der Waals surface area contributed by atoms with Crippen molar-refractivity contribution >= 4 is 35.3 Å². The van der Waals surface area contributed by atoms with E-state index >= 15 is 0 Å². The van der Waals surface area contributed by atoms with Crippen LogP contribution in [0.4, 0.5) is 9.59 Å². The molecule has 0 spiro atoms. The first-order valence-electron chi connectivity index (χ1n) is 25.5. The summed E-state index contributed by atoms with van der Waals surface area (Å²) in [6, 6.07) is 0. The Bertz CT molecular complexity index is 1230. The number of nitrogens with zero attached hydrogens (tertiary/aromatic N) is 4. The Labute approximate surface area is 375 Å². The molecule has 4 saturated heterocycles. The minimum Gasteiger partial charge on any atom is -0.446 e. The second-order valence-electron chi connectivity index (χ2n) is 19.4. The van der Waals surface area contributed by atoms with Gasteiger partial charge in [0.1, 0.15) is 36.3 Å².